The molecule has 2 aromatic carbocycles. The van der Waals surface area contributed by atoms with Gasteiger partial charge in [0.2, 0.25) is 0 Å². The van der Waals surface area contributed by atoms with Crippen molar-refractivity contribution in [3.63, 3.8) is 0 Å². The third-order valence-electron chi connectivity index (χ3n) is 2.98. The van der Waals surface area contributed by atoms with Crippen LogP contribution < -0.4 is 0 Å². The Hall–Kier alpha value is -2.35. The molecule has 2 nitrogen and oxygen atoms in total. The van der Waals surface area contributed by atoms with E-state index in [2.05, 4.69) is 12.6 Å². The van der Waals surface area contributed by atoms with Crippen LogP contribution in [0, 0.1) is 0 Å². The van der Waals surface area contributed by atoms with E-state index >= 15 is 0 Å². The number of esters is 1. The van der Waals surface area contributed by atoms with E-state index in [0.29, 0.717) is 5.56 Å². The van der Waals surface area contributed by atoms with Gasteiger partial charge < -0.3 is 4.74 Å². The maximum atomic E-state index is 12.0. The van der Waals surface area contributed by atoms with E-state index < -0.39 is 5.60 Å². The standard InChI is InChI=1S/C19H20O2/c1-5-14-7-6-8-17(13-14)15-9-11-16(12-10-15)18(20)21-19(2,3)4/h5-13H,1H2,2-4H3. The molecule has 0 spiro atoms. The number of ether oxygens (including phenoxy) is 1. The molecule has 108 valence electrons. The number of carbonyl (C=O) groups is 1. The van der Waals surface area contributed by atoms with Crippen LogP contribution in [-0.4, -0.2) is 11.6 Å². The quantitative estimate of drug-likeness (QED) is 0.743. The molecule has 0 fully saturated rings. The van der Waals surface area contributed by atoms with Crippen molar-refractivity contribution < 1.29 is 9.53 Å². The maximum Gasteiger partial charge on any atom is 0.338 e. The van der Waals surface area contributed by atoms with Gasteiger partial charge >= 0.3 is 5.97 Å². The van der Waals surface area contributed by atoms with E-state index in [9.17, 15) is 4.79 Å². The summed E-state index contributed by atoms with van der Waals surface area (Å²) in [6, 6.07) is 15.6. The SMILES string of the molecule is C=Cc1cccc(-c2ccc(C(=O)OC(C)(C)C)cc2)c1. The van der Waals surface area contributed by atoms with Gasteiger partial charge in [-0.25, -0.2) is 4.79 Å². The summed E-state index contributed by atoms with van der Waals surface area (Å²) in [4.78, 5) is 12.0. The highest BCUT2D eigenvalue weighted by molar-refractivity contribution is 5.90. The number of carbonyl (C=O) groups excluding carboxylic acids is 1. The summed E-state index contributed by atoms with van der Waals surface area (Å²) in [5.41, 5.74) is 3.32. The van der Waals surface area contributed by atoms with Gasteiger partial charge in [0.25, 0.3) is 0 Å². The van der Waals surface area contributed by atoms with Crippen molar-refractivity contribution in [3.8, 4) is 11.1 Å². The lowest BCUT2D eigenvalue weighted by Crippen LogP contribution is -2.23. The fourth-order valence-electron chi connectivity index (χ4n) is 1.98. The van der Waals surface area contributed by atoms with Gasteiger partial charge in [-0.05, 0) is 55.7 Å². The van der Waals surface area contributed by atoms with E-state index in [1.165, 1.54) is 0 Å². The van der Waals surface area contributed by atoms with Gasteiger partial charge in [-0.15, -0.1) is 0 Å². The third kappa shape index (κ3) is 4.06. The average Bonchev–Trinajstić information content (AvgIpc) is 2.46. The summed E-state index contributed by atoms with van der Waals surface area (Å²) < 4.78 is 5.35. The van der Waals surface area contributed by atoms with Gasteiger partial charge in [-0.3, -0.25) is 0 Å². The molecule has 0 N–H and O–H groups in total. The molecule has 0 unspecified atom stereocenters. The average molecular weight is 280 g/mol. The zero-order chi connectivity index (χ0) is 15.5. The van der Waals surface area contributed by atoms with Crippen LogP contribution >= 0.6 is 0 Å². The van der Waals surface area contributed by atoms with Crippen molar-refractivity contribution in [2.24, 2.45) is 0 Å². The van der Waals surface area contributed by atoms with E-state index in [1.807, 2.05) is 57.2 Å². The molecule has 0 aliphatic rings. The highest BCUT2D eigenvalue weighted by Crippen LogP contribution is 2.22. The number of rotatable bonds is 3. The number of hydrogen-bond donors (Lipinski definition) is 0. The Labute approximate surface area is 126 Å². The highest BCUT2D eigenvalue weighted by Gasteiger charge is 2.17. The second-order valence-electron chi connectivity index (χ2n) is 5.91. The van der Waals surface area contributed by atoms with Crippen LogP contribution in [-0.2, 0) is 4.74 Å². The zero-order valence-corrected chi connectivity index (χ0v) is 12.7. The zero-order valence-electron chi connectivity index (χ0n) is 12.7. The molecule has 21 heavy (non-hydrogen) atoms. The highest BCUT2D eigenvalue weighted by atomic mass is 16.6. The molecule has 0 aliphatic carbocycles. The van der Waals surface area contributed by atoms with Crippen molar-refractivity contribution in [1.29, 1.82) is 0 Å². The van der Waals surface area contributed by atoms with Gasteiger partial charge in [0.1, 0.15) is 5.60 Å². The van der Waals surface area contributed by atoms with Gasteiger partial charge in [0, 0.05) is 0 Å². The predicted molar refractivity (Wildman–Crippen MR) is 87.1 cm³/mol. The molecule has 0 saturated heterocycles. The molecule has 0 radical (unpaired) electrons. The Bertz CT molecular complexity index is 646. The third-order valence-corrected chi connectivity index (χ3v) is 2.98. The first-order chi connectivity index (χ1) is 9.89. The van der Waals surface area contributed by atoms with Gasteiger partial charge in [-0.1, -0.05) is 43.0 Å². The number of benzene rings is 2. The van der Waals surface area contributed by atoms with Gasteiger partial charge in [0.15, 0.2) is 0 Å². The Morgan fingerprint density at radius 3 is 2.29 bits per heavy atom. The van der Waals surface area contributed by atoms with Crippen molar-refractivity contribution in [3.05, 3.63) is 66.2 Å². The molecule has 2 rings (SSSR count). The Morgan fingerprint density at radius 1 is 1.05 bits per heavy atom. The first-order valence-electron chi connectivity index (χ1n) is 6.95. The van der Waals surface area contributed by atoms with Gasteiger partial charge in [0.05, 0.1) is 5.56 Å². The first kappa shape index (κ1) is 15.0. The molecular formula is C19H20O2. The monoisotopic (exact) mass is 280 g/mol. The second-order valence-corrected chi connectivity index (χ2v) is 5.91. The van der Waals surface area contributed by atoms with Crippen molar-refractivity contribution in [1.82, 2.24) is 0 Å². The lowest BCUT2D eigenvalue weighted by Gasteiger charge is -2.19. The van der Waals surface area contributed by atoms with Crippen LogP contribution in [0.2, 0.25) is 0 Å². The first-order valence-corrected chi connectivity index (χ1v) is 6.95. The molecular weight excluding hydrogens is 260 g/mol. The van der Waals surface area contributed by atoms with Crippen LogP contribution in [0.1, 0.15) is 36.7 Å². The largest absolute Gasteiger partial charge is 0.456 e. The normalized spacial score (nSPS) is 11.0. The lowest BCUT2D eigenvalue weighted by atomic mass is 10.0. The minimum Gasteiger partial charge on any atom is -0.456 e. The number of hydrogen-bond acceptors (Lipinski definition) is 2. The van der Waals surface area contributed by atoms with Gasteiger partial charge in [-0.2, -0.15) is 0 Å². The minimum absolute atomic E-state index is 0.297. The summed E-state index contributed by atoms with van der Waals surface area (Å²) >= 11 is 0. The summed E-state index contributed by atoms with van der Waals surface area (Å²) in [7, 11) is 0. The topological polar surface area (TPSA) is 26.3 Å². The summed E-state index contributed by atoms with van der Waals surface area (Å²) in [6.45, 7) is 9.36. The Kier molecular flexibility index (Phi) is 4.27. The molecule has 0 amide bonds. The molecule has 0 atom stereocenters. The maximum absolute atomic E-state index is 12.0. The minimum atomic E-state index is -0.478. The smallest absolute Gasteiger partial charge is 0.338 e. The Balaban J connectivity index is 2.22. The molecule has 2 heteroatoms. The van der Waals surface area contributed by atoms with Crippen molar-refractivity contribution >= 4 is 12.0 Å². The Morgan fingerprint density at radius 2 is 1.71 bits per heavy atom. The molecule has 2 aromatic rings. The summed E-state index contributed by atoms with van der Waals surface area (Å²) in [5, 5.41) is 0. The summed E-state index contributed by atoms with van der Waals surface area (Å²) in [5.74, 6) is -0.297. The van der Waals surface area contributed by atoms with Crippen LogP contribution in [0.15, 0.2) is 55.1 Å². The lowest BCUT2D eigenvalue weighted by molar-refractivity contribution is 0.00696. The second kappa shape index (κ2) is 5.96. The van der Waals surface area contributed by atoms with E-state index in [0.717, 1.165) is 16.7 Å². The predicted octanol–water partition coefficient (Wildman–Crippen LogP) is 4.95. The van der Waals surface area contributed by atoms with Crippen molar-refractivity contribution in [2.75, 3.05) is 0 Å². The fourth-order valence-corrected chi connectivity index (χ4v) is 1.98. The van der Waals surface area contributed by atoms with Crippen LogP contribution in [0.3, 0.4) is 0 Å². The van der Waals surface area contributed by atoms with Crippen LogP contribution in [0.4, 0.5) is 0 Å². The van der Waals surface area contributed by atoms with E-state index in [-0.39, 0.29) is 5.97 Å². The van der Waals surface area contributed by atoms with E-state index in [4.69, 9.17) is 4.74 Å². The summed E-state index contributed by atoms with van der Waals surface area (Å²) in [6.07, 6.45) is 1.82. The molecule has 0 bridgehead atoms. The van der Waals surface area contributed by atoms with Crippen molar-refractivity contribution in [2.45, 2.75) is 26.4 Å². The van der Waals surface area contributed by atoms with Crippen LogP contribution in [0.5, 0.6) is 0 Å². The van der Waals surface area contributed by atoms with Crippen LogP contribution in [0.25, 0.3) is 17.2 Å². The molecule has 0 aliphatic heterocycles. The fraction of sp³-hybridized carbons (Fsp3) is 0.211. The molecule has 0 heterocycles. The molecule has 0 aromatic heterocycles. The molecule has 0 saturated carbocycles. The van der Waals surface area contributed by atoms with E-state index in [1.54, 1.807) is 12.1 Å².